The Hall–Kier alpha value is -2.29. The average Bonchev–Trinajstić information content (AvgIpc) is 2.74. The van der Waals surface area contributed by atoms with Crippen LogP contribution in [0.1, 0.15) is 17.0 Å². The fraction of sp³-hybridized carbons (Fsp3) is 0.188. The van der Waals surface area contributed by atoms with E-state index >= 15 is 0 Å². The van der Waals surface area contributed by atoms with Crippen molar-refractivity contribution in [1.82, 2.24) is 4.98 Å². The van der Waals surface area contributed by atoms with E-state index in [1.807, 2.05) is 50.4 Å². The van der Waals surface area contributed by atoms with Crippen molar-refractivity contribution in [1.29, 1.82) is 0 Å². The highest BCUT2D eigenvalue weighted by atomic mass is 16.3. The molecule has 0 amide bonds. The molecule has 2 heterocycles. The van der Waals surface area contributed by atoms with E-state index in [2.05, 4.69) is 16.4 Å². The minimum atomic E-state index is 0.744. The van der Waals surface area contributed by atoms with E-state index in [1.54, 1.807) is 0 Å². The Morgan fingerprint density at radius 2 is 1.95 bits per heavy atom. The monoisotopic (exact) mass is 252 g/mol. The molecular weight excluding hydrogens is 236 g/mol. The van der Waals surface area contributed by atoms with Gasteiger partial charge in [-0.05, 0) is 32.0 Å². The van der Waals surface area contributed by atoms with Crippen LogP contribution in [-0.4, -0.2) is 4.98 Å². The van der Waals surface area contributed by atoms with Gasteiger partial charge in [0, 0.05) is 23.2 Å². The molecular formula is C16H16N2O. The zero-order chi connectivity index (χ0) is 13.2. The molecule has 1 N–H and O–H groups in total. The largest absolute Gasteiger partial charge is 0.461 e. The van der Waals surface area contributed by atoms with Gasteiger partial charge in [0.25, 0.3) is 0 Å². The first-order valence-electron chi connectivity index (χ1n) is 6.37. The number of fused-ring (bicyclic) bond motifs is 1. The molecule has 0 atom stereocenters. The zero-order valence-electron chi connectivity index (χ0n) is 11.1. The molecule has 0 aliphatic rings. The minimum Gasteiger partial charge on any atom is -0.461 e. The van der Waals surface area contributed by atoms with Crippen LogP contribution < -0.4 is 5.32 Å². The number of nitrogens with one attached hydrogen (secondary N) is 1. The Balaban J connectivity index is 1.85. The molecule has 0 bridgehead atoms. The smallest absolute Gasteiger partial charge is 0.134 e. The van der Waals surface area contributed by atoms with Gasteiger partial charge in [0.2, 0.25) is 0 Å². The highest BCUT2D eigenvalue weighted by Crippen LogP contribution is 2.25. The number of rotatable bonds is 3. The van der Waals surface area contributed by atoms with Gasteiger partial charge in [-0.1, -0.05) is 18.2 Å². The van der Waals surface area contributed by atoms with Crippen molar-refractivity contribution in [2.45, 2.75) is 20.4 Å². The number of aryl methyl sites for hydroxylation is 2. The number of pyridine rings is 1. The van der Waals surface area contributed by atoms with Crippen molar-refractivity contribution >= 4 is 16.7 Å². The van der Waals surface area contributed by atoms with Crippen molar-refractivity contribution in [2.24, 2.45) is 0 Å². The minimum absolute atomic E-state index is 0.744. The zero-order valence-corrected chi connectivity index (χ0v) is 11.1. The van der Waals surface area contributed by atoms with Crippen molar-refractivity contribution in [3.05, 3.63) is 59.6 Å². The summed E-state index contributed by atoms with van der Waals surface area (Å²) in [6, 6.07) is 12.2. The van der Waals surface area contributed by atoms with E-state index in [1.165, 1.54) is 10.9 Å². The van der Waals surface area contributed by atoms with Crippen LogP contribution in [0.3, 0.4) is 0 Å². The fourth-order valence-corrected chi connectivity index (χ4v) is 2.20. The van der Waals surface area contributed by atoms with Gasteiger partial charge in [0.15, 0.2) is 0 Å². The predicted octanol–water partition coefficient (Wildman–Crippen LogP) is 4.06. The van der Waals surface area contributed by atoms with Crippen LogP contribution in [0.15, 0.2) is 47.0 Å². The van der Waals surface area contributed by atoms with E-state index in [-0.39, 0.29) is 0 Å². The van der Waals surface area contributed by atoms with Gasteiger partial charge in [0.1, 0.15) is 11.3 Å². The number of para-hydroxylation sites is 1. The van der Waals surface area contributed by atoms with Crippen LogP contribution >= 0.6 is 0 Å². The molecule has 0 radical (unpaired) electrons. The van der Waals surface area contributed by atoms with Crippen molar-refractivity contribution in [2.75, 3.05) is 5.32 Å². The molecule has 3 heteroatoms. The Kier molecular flexibility index (Phi) is 2.95. The summed E-state index contributed by atoms with van der Waals surface area (Å²) in [5.41, 5.74) is 4.20. The number of hydrogen-bond donors (Lipinski definition) is 1. The van der Waals surface area contributed by atoms with Gasteiger partial charge < -0.3 is 9.73 Å². The normalized spacial score (nSPS) is 10.8. The molecule has 0 unspecified atom stereocenters. The molecule has 2 aromatic heterocycles. The lowest BCUT2D eigenvalue weighted by molar-refractivity contribution is 0.573. The summed E-state index contributed by atoms with van der Waals surface area (Å²) in [7, 11) is 0. The summed E-state index contributed by atoms with van der Waals surface area (Å²) in [6.07, 6.45) is 1.85. The van der Waals surface area contributed by atoms with E-state index in [9.17, 15) is 0 Å². The van der Waals surface area contributed by atoms with E-state index in [4.69, 9.17) is 4.42 Å². The molecule has 1 aromatic carbocycles. The second-order valence-corrected chi connectivity index (χ2v) is 4.67. The third kappa shape index (κ3) is 2.32. The molecule has 19 heavy (non-hydrogen) atoms. The van der Waals surface area contributed by atoms with Gasteiger partial charge in [-0.25, -0.2) is 0 Å². The number of anilines is 1. The van der Waals surface area contributed by atoms with Crippen LogP contribution in [0.5, 0.6) is 0 Å². The Bertz CT molecular complexity index is 698. The molecule has 0 saturated carbocycles. The highest BCUT2D eigenvalue weighted by Gasteiger charge is 2.09. The summed E-state index contributed by atoms with van der Waals surface area (Å²) in [5.74, 6) is 0.966. The third-order valence-corrected chi connectivity index (χ3v) is 3.28. The van der Waals surface area contributed by atoms with Crippen molar-refractivity contribution in [3.8, 4) is 0 Å². The quantitative estimate of drug-likeness (QED) is 0.764. The lowest BCUT2D eigenvalue weighted by Gasteiger charge is -2.05. The molecule has 0 aliphatic carbocycles. The third-order valence-electron chi connectivity index (χ3n) is 3.28. The lowest BCUT2D eigenvalue weighted by Crippen LogP contribution is -2.00. The van der Waals surface area contributed by atoms with Crippen LogP contribution in [0.2, 0.25) is 0 Å². The molecule has 96 valence electrons. The van der Waals surface area contributed by atoms with E-state index in [0.717, 1.165) is 29.3 Å². The number of nitrogens with zero attached hydrogens (tertiary/aromatic N) is 1. The summed E-state index contributed by atoms with van der Waals surface area (Å²) < 4.78 is 5.75. The molecule has 0 saturated heterocycles. The van der Waals surface area contributed by atoms with Crippen LogP contribution in [0.25, 0.3) is 11.0 Å². The second-order valence-electron chi connectivity index (χ2n) is 4.67. The lowest BCUT2D eigenvalue weighted by atomic mass is 10.1. The summed E-state index contributed by atoms with van der Waals surface area (Å²) in [6.45, 7) is 4.73. The Morgan fingerprint density at radius 3 is 2.74 bits per heavy atom. The molecule has 0 spiro atoms. The van der Waals surface area contributed by atoms with Crippen LogP contribution in [0, 0.1) is 13.8 Å². The maximum atomic E-state index is 5.75. The first kappa shape index (κ1) is 11.8. The number of hydrogen-bond acceptors (Lipinski definition) is 3. The van der Waals surface area contributed by atoms with E-state index in [0.29, 0.717) is 0 Å². The van der Waals surface area contributed by atoms with Crippen LogP contribution in [-0.2, 0) is 6.54 Å². The predicted molar refractivity (Wildman–Crippen MR) is 77.3 cm³/mol. The van der Waals surface area contributed by atoms with Crippen LogP contribution in [0.4, 0.5) is 5.69 Å². The Morgan fingerprint density at radius 1 is 1.11 bits per heavy atom. The number of benzene rings is 1. The van der Waals surface area contributed by atoms with Gasteiger partial charge in [0.05, 0.1) is 11.9 Å². The van der Waals surface area contributed by atoms with E-state index < -0.39 is 0 Å². The molecule has 3 rings (SSSR count). The maximum absolute atomic E-state index is 5.75. The van der Waals surface area contributed by atoms with Gasteiger partial charge in [-0.3, -0.25) is 4.98 Å². The standard InChI is InChI=1S/C16H16N2O/c1-11-7-8-13(9-17-11)18-10-15-12(2)19-16-6-4-3-5-14(15)16/h3-9,18H,10H2,1-2H3. The van der Waals surface area contributed by atoms with Gasteiger partial charge in [-0.2, -0.15) is 0 Å². The number of furan rings is 1. The molecule has 3 aromatic rings. The first-order valence-corrected chi connectivity index (χ1v) is 6.37. The molecule has 0 fully saturated rings. The maximum Gasteiger partial charge on any atom is 0.134 e. The van der Waals surface area contributed by atoms with Crippen molar-refractivity contribution in [3.63, 3.8) is 0 Å². The first-order chi connectivity index (χ1) is 9.24. The second kappa shape index (κ2) is 4.76. The topological polar surface area (TPSA) is 38.1 Å². The molecule has 0 aliphatic heterocycles. The highest BCUT2D eigenvalue weighted by molar-refractivity contribution is 5.82. The Labute approximate surface area is 112 Å². The summed E-state index contributed by atoms with van der Waals surface area (Å²) in [5, 5.41) is 4.56. The summed E-state index contributed by atoms with van der Waals surface area (Å²) in [4.78, 5) is 4.28. The fourth-order valence-electron chi connectivity index (χ4n) is 2.20. The molecule has 3 nitrogen and oxygen atoms in total. The average molecular weight is 252 g/mol. The van der Waals surface area contributed by atoms with Gasteiger partial charge >= 0.3 is 0 Å². The SMILES string of the molecule is Cc1ccc(NCc2c(C)oc3ccccc23)cn1. The van der Waals surface area contributed by atoms with Crippen molar-refractivity contribution < 1.29 is 4.42 Å². The number of aromatic nitrogens is 1. The van der Waals surface area contributed by atoms with Gasteiger partial charge in [-0.15, -0.1) is 0 Å². The summed E-state index contributed by atoms with van der Waals surface area (Å²) >= 11 is 0.